The molecule has 3 rings (SSSR count). The number of rotatable bonds is 4. The smallest absolute Gasteiger partial charge is 0.166 e. The molecule has 19 heavy (non-hydrogen) atoms. The van der Waals surface area contributed by atoms with Crippen LogP contribution in [0.2, 0.25) is 0 Å². The van der Waals surface area contributed by atoms with Crippen molar-refractivity contribution in [3.05, 3.63) is 59.7 Å². The van der Waals surface area contributed by atoms with Gasteiger partial charge in [-0.2, -0.15) is 0 Å². The molecule has 0 bridgehead atoms. The lowest BCUT2D eigenvalue weighted by molar-refractivity contribution is 1.04. The summed E-state index contributed by atoms with van der Waals surface area (Å²) in [6.07, 6.45) is 0. The number of hydrogen-bond donors (Lipinski definition) is 2. The zero-order valence-electron chi connectivity index (χ0n) is 10.5. The Morgan fingerprint density at radius 2 is 1.74 bits per heavy atom. The Bertz CT molecular complexity index is 657. The van der Waals surface area contributed by atoms with E-state index in [9.17, 15) is 0 Å². The molecular formula is C15H15N3S. The normalized spacial score (nSPS) is 11.0. The Hall–Kier alpha value is -1.78. The van der Waals surface area contributed by atoms with Gasteiger partial charge in [-0.15, -0.1) is 0 Å². The lowest BCUT2D eigenvalue weighted by atomic mass is 10.1. The van der Waals surface area contributed by atoms with E-state index in [4.69, 9.17) is 5.73 Å². The molecule has 0 atom stereocenters. The number of nitrogens with zero attached hydrogens (tertiary/aromatic N) is 1. The molecule has 1 aromatic heterocycles. The van der Waals surface area contributed by atoms with Gasteiger partial charge >= 0.3 is 0 Å². The van der Waals surface area contributed by atoms with Gasteiger partial charge in [0.25, 0.3) is 0 Å². The van der Waals surface area contributed by atoms with Gasteiger partial charge in [0.2, 0.25) is 0 Å². The van der Waals surface area contributed by atoms with Gasteiger partial charge in [0, 0.05) is 12.3 Å². The third-order valence-corrected chi connectivity index (χ3v) is 3.99. The molecule has 3 nitrogen and oxygen atoms in total. The van der Waals surface area contributed by atoms with Gasteiger partial charge in [-0.3, -0.25) is 0 Å². The summed E-state index contributed by atoms with van der Waals surface area (Å²) in [5.74, 6) is 0.882. The molecule has 0 radical (unpaired) electrons. The number of para-hydroxylation sites is 2. The average molecular weight is 269 g/mol. The van der Waals surface area contributed by atoms with Gasteiger partial charge in [-0.1, -0.05) is 48.2 Å². The summed E-state index contributed by atoms with van der Waals surface area (Å²) in [4.78, 5) is 7.88. The van der Waals surface area contributed by atoms with Crippen molar-refractivity contribution in [2.75, 3.05) is 0 Å². The maximum absolute atomic E-state index is 5.75. The number of fused-ring (bicyclic) bond motifs is 1. The first-order valence-electron chi connectivity index (χ1n) is 6.21. The quantitative estimate of drug-likeness (QED) is 0.714. The van der Waals surface area contributed by atoms with E-state index in [-0.39, 0.29) is 0 Å². The fraction of sp³-hybridized carbons (Fsp3) is 0.133. The van der Waals surface area contributed by atoms with Gasteiger partial charge in [0.15, 0.2) is 5.16 Å². The van der Waals surface area contributed by atoms with Crippen molar-refractivity contribution >= 4 is 22.8 Å². The van der Waals surface area contributed by atoms with Crippen molar-refractivity contribution in [3.8, 4) is 0 Å². The van der Waals surface area contributed by atoms with Crippen LogP contribution in [0.4, 0.5) is 0 Å². The van der Waals surface area contributed by atoms with Crippen LogP contribution in [0.25, 0.3) is 11.0 Å². The molecule has 2 aromatic carbocycles. The molecule has 96 valence electrons. The molecule has 3 N–H and O–H groups in total. The second-order valence-corrected chi connectivity index (χ2v) is 5.28. The zero-order chi connectivity index (χ0) is 13.1. The Labute approximate surface area is 116 Å². The van der Waals surface area contributed by atoms with E-state index in [1.807, 2.05) is 36.4 Å². The minimum atomic E-state index is 0.580. The molecule has 4 heteroatoms. The third kappa shape index (κ3) is 2.64. The van der Waals surface area contributed by atoms with Crippen LogP contribution >= 0.6 is 11.8 Å². The molecular weight excluding hydrogens is 254 g/mol. The second-order valence-electron chi connectivity index (χ2n) is 4.32. The van der Waals surface area contributed by atoms with E-state index in [2.05, 4.69) is 22.1 Å². The van der Waals surface area contributed by atoms with Gasteiger partial charge in [-0.25, -0.2) is 4.98 Å². The summed E-state index contributed by atoms with van der Waals surface area (Å²) in [7, 11) is 0. The summed E-state index contributed by atoms with van der Waals surface area (Å²) >= 11 is 1.71. The SMILES string of the molecule is NCc1ccccc1CSc1nc2ccccc2[nH]1. The van der Waals surface area contributed by atoms with Crippen LogP contribution < -0.4 is 5.73 Å². The summed E-state index contributed by atoms with van der Waals surface area (Å²) in [5.41, 5.74) is 10.3. The van der Waals surface area contributed by atoms with Crippen LogP contribution in [0.3, 0.4) is 0 Å². The molecule has 0 aliphatic carbocycles. The minimum Gasteiger partial charge on any atom is -0.333 e. The molecule has 0 saturated carbocycles. The summed E-state index contributed by atoms with van der Waals surface area (Å²) in [6, 6.07) is 16.3. The minimum absolute atomic E-state index is 0.580. The Kier molecular flexibility index (Phi) is 3.53. The number of aromatic amines is 1. The highest BCUT2D eigenvalue weighted by Gasteiger charge is 2.05. The molecule has 0 fully saturated rings. The van der Waals surface area contributed by atoms with Gasteiger partial charge in [0.1, 0.15) is 0 Å². The van der Waals surface area contributed by atoms with Crippen LogP contribution in [-0.2, 0) is 12.3 Å². The van der Waals surface area contributed by atoms with Gasteiger partial charge in [0.05, 0.1) is 11.0 Å². The Balaban J connectivity index is 1.78. The molecule has 1 heterocycles. The van der Waals surface area contributed by atoms with E-state index in [0.717, 1.165) is 21.9 Å². The number of benzene rings is 2. The number of thioether (sulfide) groups is 1. The van der Waals surface area contributed by atoms with Crippen molar-refractivity contribution in [1.29, 1.82) is 0 Å². The molecule has 0 aliphatic rings. The number of imidazole rings is 1. The van der Waals surface area contributed by atoms with Crippen LogP contribution in [0.15, 0.2) is 53.7 Å². The first-order valence-corrected chi connectivity index (χ1v) is 7.20. The summed E-state index contributed by atoms with van der Waals surface area (Å²) in [5, 5.41) is 0.952. The van der Waals surface area contributed by atoms with Crippen LogP contribution in [0, 0.1) is 0 Å². The average Bonchev–Trinajstić information content (AvgIpc) is 2.88. The Morgan fingerprint density at radius 3 is 2.53 bits per heavy atom. The van der Waals surface area contributed by atoms with Gasteiger partial charge in [-0.05, 0) is 23.3 Å². The number of nitrogens with two attached hydrogens (primary N) is 1. The maximum atomic E-state index is 5.75. The van der Waals surface area contributed by atoms with Crippen molar-refractivity contribution in [3.63, 3.8) is 0 Å². The molecule has 0 aliphatic heterocycles. The topological polar surface area (TPSA) is 54.7 Å². The predicted octanol–water partition coefficient (Wildman–Crippen LogP) is 3.31. The van der Waals surface area contributed by atoms with Crippen LogP contribution in [0.5, 0.6) is 0 Å². The van der Waals surface area contributed by atoms with Crippen molar-refractivity contribution in [2.45, 2.75) is 17.5 Å². The molecule has 0 unspecified atom stereocenters. The number of nitrogens with one attached hydrogen (secondary N) is 1. The molecule has 3 aromatic rings. The number of H-pyrrole nitrogens is 1. The zero-order valence-corrected chi connectivity index (χ0v) is 11.3. The first-order chi connectivity index (χ1) is 9.36. The van der Waals surface area contributed by atoms with Crippen LogP contribution in [0.1, 0.15) is 11.1 Å². The largest absolute Gasteiger partial charge is 0.333 e. The van der Waals surface area contributed by atoms with E-state index >= 15 is 0 Å². The highest BCUT2D eigenvalue weighted by atomic mass is 32.2. The van der Waals surface area contributed by atoms with Crippen LogP contribution in [-0.4, -0.2) is 9.97 Å². The second kappa shape index (κ2) is 5.47. The third-order valence-electron chi connectivity index (χ3n) is 3.07. The van der Waals surface area contributed by atoms with E-state index in [1.54, 1.807) is 11.8 Å². The van der Waals surface area contributed by atoms with E-state index < -0.39 is 0 Å². The van der Waals surface area contributed by atoms with Gasteiger partial charge < -0.3 is 10.7 Å². The number of aromatic nitrogens is 2. The molecule has 0 amide bonds. The first kappa shape index (κ1) is 12.3. The van der Waals surface area contributed by atoms with Crippen molar-refractivity contribution < 1.29 is 0 Å². The van der Waals surface area contributed by atoms with E-state index in [1.165, 1.54) is 11.1 Å². The lowest BCUT2D eigenvalue weighted by Gasteiger charge is -2.05. The fourth-order valence-corrected chi connectivity index (χ4v) is 2.96. The number of hydrogen-bond acceptors (Lipinski definition) is 3. The molecule has 0 saturated heterocycles. The van der Waals surface area contributed by atoms with E-state index in [0.29, 0.717) is 6.54 Å². The predicted molar refractivity (Wildman–Crippen MR) is 80.0 cm³/mol. The summed E-state index contributed by atoms with van der Waals surface area (Å²) < 4.78 is 0. The highest BCUT2D eigenvalue weighted by molar-refractivity contribution is 7.98. The standard InChI is InChI=1S/C15H15N3S/c16-9-11-5-1-2-6-12(11)10-19-15-17-13-7-3-4-8-14(13)18-15/h1-8H,9-10,16H2,(H,17,18). The fourth-order valence-electron chi connectivity index (χ4n) is 2.04. The molecule has 0 spiro atoms. The monoisotopic (exact) mass is 269 g/mol. The lowest BCUT2D eigenvalue weighted by Crippen LogP contribution is -2.00. The van der Waals surface area contributed by atoms with Crippen molar-refractivity contribution in [2.24, 2.45) is 5.73 Å². The van der Waals surface area contributed by atoms with Crippen molar-refractivity contribution in [1.82, 2.24) is 9.97 Å². The summed E-state index contributed by atoms with van der Waals surface area (Å²) in [6.45, 7) is 0.580. The highest BCUT2D eigenvalue weighted by Crippen LogP contribution is 2.24. The maximum Gasteiger partial charge on any atom is 0.166 e. The Morgan fingerprint density at radius 1 is 1.00 bits per heavy atom.